The first-order valence-electron chi connectivity index (χ1n) is 6.26. The summed E-state index contributed by atoms with van der Waals surface area (Å²) in [5.41, 5.74) is 6.76. The van der Waals surface area contributed by atoms with Crippen molar-refractivity contribution in [2.75, 3.05) is 11.9 Å². The zero-order chi connectivity index (χ0) is 13.2. The molecule has 1 aliphatic carbocycles. The number of aryl methyl sites for hydroxylation is 1. The van der Waals surface area contributed by atoms with Crippen LogP contribution >= 0.6 is 15.9 Å². The van der Waals surface area contributed by atoms with Crippen molar-refractivity contribution in [1.82, 2.24) is 9.78 Å². The zero-order valence-electron chi connectivity index (χ0n) is 10.6. The van der Waals surface area contributed by atoms with Gasteiger partial charge in [-0.1, -0.05) is 19.3 Å². The lowest BCUT2D eigenvalue weighted by Crippen LogP contribution is -2.47. The van der Waals surface area contributed by atoms with Gasteiger partial charge in [0.2, 0.25) is 0 Å². The fourth-order valence-corrected chi connectivity index (χ4v) is 2.84. The van der Waals surface area contributed by atoms with Gasteiger partial charge in [-0.15, -0.1) is 0 Å². The predicted molar refractivity (Wildman–Crippen MR) is 75.7 cm³/mol. The number of hydrogen-bond acceptors (Lipinski definition) is 4. The van der Waals surface area contributed by atoms with Crippen LogP contribution in [0.4, 0.5) is 5.69 Å². The van der Waals surface area contributed by atoms with Crippen molar-refractivity contribution in [1.29, 1.82) is 0 Å². The van der Waals surface area contributed by atoms with Crippen LogP contribution in [0.25, 0.3) is 0 Å². The Bertz CT molecular complexity index is 479. The van der Waals surface area contributed by atoms with Crippen molar-refractivity contribution in [3.05, 3.63) is 21.0 Å². The highest BCUT2D eigenvalue weighted by molar-refractivity contribution is 9.10. The second kappa shape index (κ2) is 5.40. The summed E-state index contributed by atoms with van der Waals surface area (Å²) in [6.45, 7) is 0.681. The monoisotopic (exact) mass is 314 g/mol. The highest BCUT2D eigenvalue weighted by Gasteiger charge is 2.27. The van der Waals surface area contributed by atoms with Gasteiger partial charge in [0, 0.05) is 19.1 Å². The largest absolute Gasteiger partial charge is 0.381 e. The number of nitrogens with one attached hydrogen (secondary N) is 1. The van der Waals surface area contributed by atoms with Crippen LogP contribution in [0.3, 0.4) is 0 Å². The van der Waals surface area contributed by atoms with E-state index >= 15 is 0 Å². The van der Waals surface area contributed by atoms with Crippen LogP contribution < -0.4 is 16.6 Å². The summed E-state index contributed by atoms with van der Waals surface area (Å²) in [6, 6.07) is 0. The molecule has 0 bridgehead atoms. The molecule has 6 heteroatoms. The van der Waals surface area contributed by atoms with Crippen LogP contribution in [-0.2, 0) is 7.05 Å². The summed E-state index contributed by atoms with van der Waals surface area (Å²) >= 11 is 3.30. The molecule has 1 fully saturated rings. The van der Waals surface area contributed by atoms with Gasteiger partial charge in [-0.2, -0.15) is 5.10 Å². The maximum absolute atomic E-state index is 11.7. The van der Waals surface area contributed by atoms with E-state index in [1.807, 2.05) is 0 Å². The van der Waals surface area contributed by atoms with Crippen LogP contribution in [0.5, 0.6) is 0 Å². The third-order valence-corrected chi connectivity index (χ3v) is 4.32. The van der Waals surface area contributed by atoms with Gasteiger partial charge in [-0.25, -0.2) is 4.68 Å². The summed E-state index contributed by atoms with van der Waals surface area (Å²) < 4.78 is 1.81. The van der Waals surface area contributed by atoms with E-state index in [-0.39, 0.29) is 11.1 Å². The Hall–Kier alpha value is -0.880. The van der Waals surface area contributed by atoms with Gasteiger partial charge in [0.05, 0.1) is 11.9 Å². The Balaban J connectivity index is 2.06. The molecule has 0 spiro atoms. The molecule has 0 atom stereocenters. The Kier molecular flexibility index (Phi) is 4.07. The number of halogens is 1. The van der Waals surface area contributed by atoms with E-state index in [1.165, 1.54) is 23.9 Å². The lowest BCUT2D eigenvalue weighted by atomic mass is 9.82. The van der Waals surface area contributed by atoms with E-state index in [9.17, 15) is 4.79 Å². The van der Waals surface area contributed by atoms with E-state index in [4.69, 9.17) is 5.73 Å². The molecular weight excluding hydrogens is 296 g/mol. The molecule has 1 aromatic heterocycles. The Morgan fingerprint density at radius 3 is 2.83 bits per heavy atom. The Morgan fingerprint density at radius 1 is 1.50 bits per heavy atom. The average Bonchev–Trinajstić information content (AvgIpc) is 2.36. The SMILES string of the molecule is Cn1ncc(NCC2(N)CCCCC2)c(Br)c1=O. The molecule has 2 rings (SSSR count). The summed E-state index contributed by atoms with van der Waals surface area (Å²) in [7, 11) is 1.63. The van der Waals surface area contributed by atoms with Crippen LogP contribution in [-0.4, -0.2) is 21.9 Å². The number of rotatable bonds is 3. The molecule has 0 amide bonds. The van der Waals surface area contributed by atoms with Gasteiger partial charge in [0.15, 0.2) is 0 Å². The molecule has 0 aliphatic heterocycles. The molecule has 1 aromatic rings. The molecule has 0 saturated heterocycles. The van der Waals surface area contributed by atoms with Crippen molar-refractivity contribution >= 4 is 21.6 Å². The number of anilines is 1. The average molecular weight is 315 g/mol. The van der Waals surface area contributed by atoms with Crippen molar-refractivity contribution in [3.63, 3.8) is 0 Å². The number of nitrogens with zero attached hydrogens (tertiary/aromatic N) is 2. The molecule has 1 heterocycles. The van der Waals surface area contributed by atoms with Crippen molar-refractivity contribution in [3.8, 4) is 0 Å². The van der Waals surface area contributed by atoms with Crippen molar-refractivity contribution in [2.24, 2.45) is 12.8 Å². The molecule has 5 nitrogen and oxygen atoms in total. The Labute approximate surface area is 115 Å². The van der Waals surface area contributed by atoms with Gasteiger partial charge in [-0.05, 0) is 28.8 Å². The summed E-state index contributed by atoms with van der Waals surface area (Å²) in [4.78, 5) is 11.7. The molecule has 100 valence electrons. The minimum Gasteiger partial charge on any atom is -0.381 e. The second-order valence-electron chi connectivity index (χ2n) is 5.08. The van der Waals surface area contributed by atoms with E-state index in [0.29, 0.717) is 16.7 Å². The fourth-order valence-electron chi connectivity index (χ4n) is 2.34. The van der Waals surface area contributed by atoms with E-state index in [2.05, 4.69) is 26.3 Å². The first kappa shape index (κ1) is 13.5. The number of nitrogens with two attached hydrogens (primary N) is 1. The maximum atomic E-state index is 11.7. The lowest BCUT2D eigenvalue weighted by Gasteiger charge is -2.33. The highest BCUT2D eigenvalue weighted by atomic mass is 79.9. The van der Waals surface area contributed by atoms with Crippen LogP contribution in [0.15, 0.2) is 15.5 Å². The minimum atomic E-state index is -0.154. The molecule has 0 unspecified atom stereocenters. The third kappa shape index (κ3) is 2.92. The minimum absolute atomic E-state index is 0.144. The van der Waals surface area contributed by atoms with E-state index < -0.39 is 0 Å². The fraction of sp³-hybridized carbons (Fsp3) is 0.667. The first-order chi connectivity index (χ1) is 8.52. The van der Waals surface area contributed by atoms with Crippen LogP contribution in [0, 0.1) is 0 Å². The maximum Gasteiger partial charge on any atom is 0.282 e. The molecule has 1 aliphatic rings. The van der Waals surface area contributed by atoms with Crippen molar-refractivity contribution < 1.29 is 0 Å². The predicted octanol–water partition coefficient (Wildman–Crippen LogP) is 1.62. The standard InChI is InChI=1S/C12H19BrN4O/c1-17-11(18)10(13)9(7-16-17)15-8-12(14)5-3-2-4-6-12/h7,15H,2-6,8,14H2,1H3. The van der Waals surface area contributed by atoms with E-state index in [0.717, 1.165) is 12.8 Å². The van der Waals surface area contributed by atoms with Gasteiger partial charge < -0.3 is 11.1 Å². The topological polar surface area (TPSA) is 72.9 Å². The molecule has 18 heavy (non-hydrogen) atoms. The highest BCUT2D eigenvalue weighted by Crippen LogP contribution is 2.26. The normalized spacial score (nSPS) is 18.6. The summed E-state index contributed by atoms with van der Waals surface area (Å²) in [6.07, 6.45) is 7.38. The lowest BCUT2D eigenvalue weighted by molar-refractivity contribution is 0.311. The summed E-state index contributed by atoms with van der Waals surface area (Å²) in [5, 5.41) is 7.24. The first-order valence-corrected chi connectivity index (χ1v) is 7.06. The van der Waals surface area contributed by atoms with Crippen molar-refractivity contribution in [2.45, 2.75) is 37.6 Å². The van der Waals surface area contributed by atoms with Gasteiger partial charge in [0.25, 0.3) is 5.56 Å². The molecule has 0 aromatic carbocycles. The van der Waals surface area contributed by atoms with Gasteiger partial charge in [0.1, 0.15) is 4.47 Å². The zero-order valence-corrected chi connectivity index (χ0v) is 12.2. The molecule has 1 saturated carbocycles. The van der Waals surface area contributed by atoms with Crippen LogP contribution in [0.1, 0.15) is 32.1 Å². The quantitative estimate of drug-likeness (QED) is 0.889. The van der Waals surface area contributed by atoms with E-state index in [1.54, 1.807) is 13.2 Å². The third-order valence-electron chi connectivity index (χ3n) is 3.56. The number of aromatic nitrogens is 2. The van der Waals surface area contributed by atoms with Crippen LogP contribution in [0.2, 0.25) is 0 Å². The molecule has 0 radical (unpaired) electrons. The Morgan fingerprint density at radius 2 is 2.17 bits per heavy atom. The summed E-state index contributed by atoms with van der Waals surface area (Å²) in [5.74, 6) is 0. The smallest absolute Gasteiger partial charge is 0.282 e. The second-order valence-corrected chi connectivity index (χ2v) is 5.87. The molecule has 3 N–H and O–H groups in total. The van der Waals surface area contributed by atoms with Gasteiger partial charge in [-0.3, -0.25) is 4.79 Å². The van der Waals surface area contributed by atoms with Gasteiger partial charge >= 0.3 is 0 Å². The number of hydrogen-bond donors (Lipinski definition) is 2. The molecular formula is C12H19BrN4O.